The first-order valence-corrected chi connectivity index (χ1v) is 13.3. The summed E-state index contributed by atoms with van der Waals surface area (Å²) in [7, 11) is 4.45. The number of hydrogen-bond donors (Lipinski definition) is 1. The molecule has 4 aromatic rings. The molecule has 2 heterocycles. The zero-order valence-electron chi connectivity index (χ0n) is 22.7. The molecular formula is C30H28N2O7S. The fraction of sp³-hybridized carbons (Fsp3) is 0.233. The largest absolute Gasteiger partial charge is 0.507 e. The SMILES string of the molecule is CCOc1ccc2nc(N3C(=O)C(=O)C(=C(O)c4ccc(C)cc4)C3c3cc(OC)c(OC)c(OC)c3)sc2c1. The van der Waals surface area contributed by atoms with Gasteiger partial charge in [-0.3, -0.25) is 14.5 Å². The number of aromatic nitrogens is 1. The van der Waals surface area contributed by atoms with E-state index >= 15 is 0 Å². The molecule has 1 aromatic heterocycles. The number of anilines is 1. The van der Waals surface area contributed by atoms with E-state index in [1.165, 1.54) is 37.6 Å². The zero-order valence-corrected chi connectivity index (χ0v) is 23.5. The van der Waals surface area contributed by atoms with Gasteiger partial charge in [-0.05, 0) is 49.7 Å². The number of amides is 1. The summed E-state index contributed by atoms with van der Waals surface area (Å²) in [6.07, 6.45) is 0. The van der Waals surface area contributed by atoms with Crippen LogP contribution >= 0.6 is 11.3 Å². The van der Waals surface area contributed by atoms with Gasteiger partial charge in [-0.15, -0.1) is 0 Å². The van der Waals surface area contributed by atoms with E-state index in [1.54, 1.807) is 36.4 Å². The molecule has 1 saturated heterocycles. The number of nitrogens with zero attached hydrogens (tertiary/aromatic N) is 2. The molecule has 40 heavy (non-hydrogen) atoms. The number of aliphatic hydroxyl groups is 1. The third-order valence-corrected chi connectivity index (χ3v) is 7.66. The van der Waals surface area contributed by atoms with Gasteiger partial charge in [0.15, 0.2) is 16.6 Å². The van der Waals surface area contributed by atoms with E-state index < -0.39 is 17.7 Å². The lowest BCUT2D eigenvalue weighted by Gasteiger charge is -2.24. The fourth-order valence-electron chi connectivity index (χ4n) is 4.72. The smallest absolute Gasteiger partial charge is 0.301 e. The van der Waals surface area contributed by atoms with Crippen LogP contribution in [-0.4, -0.2) is 49.7 Å². The number of hydrogen-bond acceptors (Lipinski definition) is 9. The first-order valence-electron chi connectivity index (χ1n) is 12.5. The Morgan fingerprint density at radius 2 is 1.65 bits per heavy atom. The summed E-state index contributed by atoms with van der Waals surface area (Å²) in [6.45, 7) is 4.32. The Kier molecular flexibility index (Phi) is 7.36. The highest BCUT2D eigenvalue weighted by molar-refractivity contribution is 7.22. The number of fused-ring (bicyclic) bond motifs is 1. The molecule has 1 fully saturated rings. The van der Waals surface area contributed by atoms with Crippen LogP contribution in [0.5, 0.6) is 23.0 Å². The van der Waals surface area contributed by atoms with Gasteiger partial charge in [0.1, 0.15) is 11.5 Å². The molecule has 0 bridgehead atoms. The van der Waals surface area contributed by atoms with Crippen molar-refractivity contribution in [3.63, 3.8) is 0 Å². The summed E-state index contributed by atoms with van der Waals surface area (Å²) < 4.78 is 23.0. The second-order valence-corrected chi connectivity index (χ2v) is 10.1. The molecule has 3 aromatic carbocycles. The molecule has 206 valence electrons. The van der Waals surface area contributed by atoms with Crippen LogP contribution in [0.4, 0.5) is 5.13 Å². The Labute approximate surface area is 235 Å². The second kappa shape index (κ2) is 10.9. The third-order valence-electron chi connectivity index (χ3n) is 6.64. The molecule has 1 amide bonds. The van der Waals surface area contributed by atoms with Crippen LogP contribution in [0.3, 0.4) is 0 Å². The first kappa shape index (κ1) is 27.0. The molecular weight excluding hydrogens is 532 g/mol. The van der Waals surface area contributed by atoms with Crippen molar-refractivity contribution < 1.29 is 33.6 Å². The van der Waals surface area contributed by atoms with Crippen molar-refractivity contribution in [2.75, 3.05) is 32.8 Å². The van der Waals surface area contributed by atoms with Gasteiger partial charge in [-0.25, -0.2) is 4.98 Å². The van der Waals surface area contributed by atoms with Crippen molar-refractivity contribution in [2.45, 2.75) is 19.9 Å². The maximum absolute atomic E-state index is 13.7. The zero-order chi connectivity index (χ0) is 28.6. The molecule has 1 N–H and O–H groups in total. The summed E-state index contributed by atoms with van der Waals surface area (Å²) in [4.78, 5) is 33.2. The van der Waals surface area contributed by atoms with Crippen molar-refractivity contribution in [2.24, 2.45) is 0 Å². The van der Waals surface area contributed by atoms with E-state index in [4.69, 9.17) is 18.9 Å². The minimum absolute atomic E-state index is 0.0719. The lowest BCUT2D eigenvalue weighted by Crippen LogP contribution is -2.29. The van der Waals surface area contributed by atoms with Crippen molar-refractivity contribution in [3.05, 3.63) is 76.9 Å². The molecule has 1 aliphatic heterocycles. The van der Waals surface area contributed by atoms with Crippen molar-refractivity contribution in [3.8, 4) is 23.0 Å². The molecule has 10 heteroatoms. The van der Waals surface area contributed by atoms with Crippen LogP contribution < -0.4 is 23.8 Å². The molecule has 1 aliphatic rings. The molecule has 0 spiro atoms. The molecule has 0 aliphatic carbocycles. The van der Waals surface area contributed by atoms with Crippen molar-refractivity contribution in [1.82, 2.24) is 4.98 Å². The van der Waals surface area contributed by atoms with Crippen LogP contribution in [0, 0.1) is 6.92 Å². The van der Waals surface area contributed by atoms with Crippen LogP contribution in [0.25, 0.3) is 16.0 Å². The molecule has 1 unspecified atom stereocenters. The van der Waals surface area contributed by atoms with E-state index in [2.05, 4.69) is 4.98 Å². The number of carbonyl (C=O) groups is 2. The Morgan fingerprint density at radius 3 is 2.25 bits per heavy atom. The van der Waals surface area contributed by atoms with Crippen LogP contribution in [0.15, 0.2) is 60.2 Å². The topological polar surface area (TPSA) is 107 Å². The van der Waals surface area contributed by atoms with Gasteiger partial charge in [-0.2, -0.15) is 0 Å². The number of benzene rings is 3. The Hall–Kier alpha value is -4.57. The average Bonchev–Trinajstić information content (AvgIpc) is 3.49. The Bertz CT molecular complexity index is 1620. The first-order chi connectivity index (χ1) is 19.3. The van der Waals surface area contributed by atoms with E-state index in [0.717, 1.165) is 10.3 Å². The van der Waals surface area contributed by atoms with Crippen LogP contribution in [0.1, 0.15) is 29.7 Å². The number of ketones is 1. The van der Waals surface area contributed by atoms with E-state index in [-0.39, 0.29) is 11.3 Å². The number of aryl methyl sites for hydroxylation is 1. The van der Waals surface area contributed by atoms with Gasteiger partial charge in [0.25, 0.3) is 5.78 Å². The number of methoxy groups -OCH3 is 3. The minimum Gasteiger partial charge on any atom is -0.507 e. The van der Waals surface area contributed by atoms with E-state index in [0.29, 0.717) is 51.4 Å². The third kappa shape index (κ3) is 4.60. The standard InChI is InChI=1S/C30H28N2O7S/c1-6-39-19-11-12-20-23(15-19)40-30(31-20)32-25(18-13-21(36-3)28(38-5)22(14-18)37-4)24(27(34)29(32)35)26(33)17-9-7-16(2)8-10-17/h7-15,25,33H,6H2,1-5H3. The summed E-state index contributed by atoms with van der Waals surface area (Å²) in [5.74, 6) is -0.228. The van der Waals surface area contributed by atoms with Gasteiger partial charge in [-0.1, -0.05) is 41.2 Å². The van der Waals surface area contributed by atoms with Crippen molar-refractivity contribution in [1.29, 1.82) is 0 Å². The average molecular weight is 561 g/mol. The van der Waals surface area contributed by atoms with Gasteiger partial charge in [0.2, 0.25) is 5.75 Å². The number of carbonyl (C=O) groups excluding carboxylic acids is 2. The molecule has 0 radical (unpaired) electrons. The maximum Gasteiger partial charge on any atom is 0.301 e. The van der Waals surface area contributed by atoms with Gasteiger partial charge >= 0.3 is 5.91 Å². The number of thiazole rings is 1. The monoisotopic (exact) mass is 560 g/mol. The Balaban J connectivity index is 1.75. The van der Waals surface area contributed by atoms with Crippen molar-refractivity contribution >= 4 is 44.1 Å². The minimum atomic E-state index is -1.03. The number of ether oxygens (including phenoxy) is 4. The van der Waals surface area contributed by atoms with Crippen LogP contribution in [0.2, 0.25) is 0 Å². The molecule has 1 atom stereocenters. The normalized spacial score (nSPS) is 16.4. The fourth-order valence-corrected chi connectivity index (χ4v) is 5.74. The summed E-state index contributed by atoms with van der Waals surface area (Å²) >= 11 is 1.25. The number of rotatable bonds is 8. The highest BCUT2D eigenvalue weighted by atomic mass is 32.1. The predicted molar refractivity (Wildman–Crippen MR) is 153 cm³/mol. The summed E-state index contributed by atoms with van der Waals surface area (Å²) in [5, 5.41) is 11.7. The van der Waals surface area contributed by atoms with Gasteiger partial charge in [0.05, 0.1) is 49.8 Å². The summed E-state index contributed by atoms with van der Waals surface area (Å²) in [5.41, 5.74) is 2.44. The number of Topliss-reactive ketones (excluding diaryl/α,β-unsaturated/α-hetero) is 1. The second-order valence-electron chi connectivity index (χ2n) is 9.05. The highest BCUT2D eigenvalue weighted by Gasteiger charge is 2.48. The molecule has 9 nitrogen and oxygen atoms in total. The van der Waals surface area contributed by atoms with Gasteiger partial charge in [0, 0.05) is 5.56 Å². The maximum atomic E-state index is 13.7. The lowest BCUT2D eigenvalue weighted by atomic mass is 9.94. The van der Waals surface area contributed by atoms with Crippen LogP contribution in [-0.2, 0) is 9.59 Å². The molecule has 0 saturated carbocycles. The van der Waals surface area contributed by atoms with E-state index in [9.17, 15) is 14.7 Å². The van der Waals surface area contributed by atoms with E-state index in [1.807, 2.05) is 32.0 Å². The summed E-state index contributed by atoms with van der Waals surface area (Å²) in [6, 6.07) is 14.8. The number of aliphatic hydroxyl groups excluding tert-OH is 1. The van der Waals surface area contributed by atoms with Gasteiger partial charge < -0.3 is 24.1 Å². The lowest BCUT2D eigenvalue weighted by molar-refractivity contribution is -0.132. The molecule has 5 rings (SSSR count). The predicted octanol–water partition coefficient (Wildman–Crippen LogP) is 5.66. The Morgan fingerprint density at radius 1 is 0.975 bits per heavy atom. The quantitative estimate of drug-likeness (QED) is 0.167. The highest BCUT2D eigenvalue weighted by Crippen LogP contribution is 2.48.